The van der Waals surface area contributed by atoms with Crippen LogP contribution in [0.2, 0.25) is 0 Å². The fourth-order valence-electron chi connectivity index (χ4n) is 2.12. The van der Waals surface area contributed by atoms with Crippen LogP contribution >= 0.6 is 0 Å². The van der Waals surface area contributed by atoms with Crippen molar-refractivity contribution in [2.75, 3.05) is 12.4 Å². The van der Waals surface area contributed by atoms with Gasteiger partial charge < -0.3 is 19.9 Å². The van der Waals surface area contributed by atoms with Crippen LogP contribution in [0, 0.1) is 0 Å². The van der Waals surface area contributed by atoms with Crippen LogP contribution in [-0.2, 0) is 9.53 Å². The third-order valence-corrected chi connectivity index (χ3v) is 3.64. The molecule has 1 unspecified atom stereocenters. The number of ether oxygens (including phenoxy) is 2. The number of ketones is 1. The predicted octanol–water partition coefficient (Wildman–Crippen LogP) is 2.79. The zero-order valence-corrected chi connectivity index (χ0v) is 14.6. The number of benzene rings is 2. The number of carbonyl (C=O) groups excluding carboxylic acids is 3. The lowest BCUT2D eigenvalue weighted by molar-refractivity contribution is -0.123. The van der Waals surface area contributed by atoms with Crippen LogP contribution in [0.4, 0.5) is 5.69 Å². The van der Waals surface area contributed by atoms with Crippen LogP contribution in [0.15, 0.2) is 42.5 Å². The average molecular weight is 357 g/mol. The van der Waals surface area contributed by atoms with Crippen LogP contribution in [0.1, 0.15) is 34.6 Å². The highest BCUT2D eigenvalue weighted by Gasteiger charge is 2.21. The Morgan fingerprint density at radius 1 is 1.08 bits per heavy atom. The number of nitrogens with one attached hydrogen (secondary N) is 1. The number of hydrogen-bond donors (Lipinski definition) is 2. The van der Waals surface area contributed by atoms with Gasteiger partial charge in [-0.3, -0.25) is 9.59 Å². The number of hydrogen-bond acceptors (Lipinski definition) is 6. The number of carbonyl (C=O) groups is 3. The number of aromatic hydroxyl groups is 1. The van der Waals surface area contributed by atoms with E-state index in [9.17, 15) is 19.5 Å². The summed E-state index contributed by atoms with van der Waals surface area (Å²) in [5.41, 5.74) is 0.920. The summed E-state index contributed by atoms with van der Waals surface area (Å²) in [5.74, 6) is -1.37. The highest BCUT2D eigenvalue weighted by Crippen LogP contribution is 2.24. The van der Waals surface area contributed by atoms with Crippen molar-refractivity contribution in [1.29, 1.82) is 0 Å². The highest BCUT2D eigenvalue weighted by molar-refractivity contribution is 5.99. The quantitative estimate of drug-likeness (QED) is 0.609. The maximum atomic E-state index is 12.1. The number of anilines is 1. The molecule has 0 aliphatic carbocycles. The molecule has 0 aliphatic rings. The van der Waals surface area contributed by atoms with Crippen molar-refractivity contribution in [3.8, 4) is 11.5 Å². The minimum atomic E-state index is -1.09. The maximum Gasteiger partial charge on any atom is 0.342 e. The van der Waals surface area contributed by atoms with Crippen LogP contribution in [-0.4, -0.2) is 36.0 Å². The first-order valence-corrected chi connectivity index (χ1v) is 7.81. The molecule has 26 heavy (non-hydrogen) atoms. The molecule has 0 aromatic heterocycles. The van der Waals surface area contributed by atoms with E-state index in [0.29, 0.717) is 17.0 Å². The van der Waals surface area contributed by atoms with Crippen LogP contribution < -0.4 is 10.1 Å². The Kier molecular flexibility index (Phi) is 5.95. The smallest absolute Gasteiger partial charge is 0.342 e. The molecule has 0 radical (unpaired) electrons. The molecule has 0 bridgehead atoms. The lowest BCUT2D eigenvalue weighted by atomic mass is 10.1. The third-order valence-electron chi connectivity index (χ3n) is 3.64. The second-order valence-corrected chi connectivity index (χ2v) is 5.55. The van der Waals surface area contributed by atoms with Gasteiger partial charge in [-0.2, -0.15) is 0 Å². The summed E-state index contributed by atoms with van der Waals surface area (Å²) in [5, 5.41) is 12.4. The number of esters is 1. The van der Waals surface area contributed by atoms with E-state index in [0.717, 1.165) is 0 Å². The molecule has 0 aliphatic heterocycles. The summed E-state index contributed by atoms with van der Waals surface area (Å²) in [7, 11) is 1.43. The van der Waals surface area contributed by atoms with Crippen LogP contribution in [0.5, 0.6) is 11.5 Å². The monoisotopic (exact) mass is 357 g/mol. The predicted molar refractivity (Wildman–Crippen MR) is 94.6 cm³/mol. The minimum Gasteiger partial charge on any atom is -0.507 e. The van der Waals surface area contributed by atoms with Gasteiger partial charge in [0, 0.05) is 17.3 Å². The Morgan fingerprint density at radius 3 is 2.27 bits per heavy atom. The van der Waals surface area contributed by atoms with Gasteiger partial charge in [-0.15, -0.1) is 0 Å². The molecule has 0 saturated carbocycles. The molecule has 1 amide bonds. The Bertz CT molecular complexity index is 828. The van der Waals surface area contributed by atoms with Crippen LogP contribution in [0.3, 0.4) is 0 Å². The van der Waals surface area contributed by atoms with Gasteiger partial charge in [0.2, 0.25) is 0 Å². The number of rotatable bonds is 6. The third kappa shape index (κ3) is 4.60. The van der Waals surface area contributed by atoms with Gasteiger partial charge in [0.05, 0.1) is 7.11 Å². The first-order chi connectivity index (χ1) is 12.3. The Labute approximate surface area is 150 Å². The van der Waals surface area contributed by atoms with Crippen molar-refractivity contribution in [2.45, 2.75) is 20.0 Å². The second kappa shape index (κ2) is 8.15. The number of Topliss-reactive ketones (excluding diaryl/α,β-unsaturated/α-hetero) is 1. The lowest BCUT2D eigenvalue weighted by Gasteiger charge is -2.14. The molecular weight excluding hydrogens is 338 g/mol. The Morgan fingerprint density at radius 2 is 1.73 bits per heavy atom. The van der Waals surface area contributed by atoms with Crippen molar-refractivity contribution in [3.63, 3.8) is 0 Å². The Balaban J connectivity index is 1.99. The van der Waals surface area contributed by atoms with Crippen molar-refractivity contribution >= 4 is 23.3 Å². The molecule has 0 saturated heterocycles. The van der Waals surface area contributed by atoms with Crippen molar-refractivity contribution in [2.24, 2.45) is 0 Å². The summed E-state index contributed by atoms with van der Waals surface area (Å²) >= 11 is 0. The molecule has 1 atom stereocenters. The summed E-state index contributed by atoms with van der Waals surface area (Å²) in [4.78, 5) is 35.5. The molecule has 136 valence electrons. The maximum absolute atomic E-state index is 12.1. The van der Waals surface area contributed by atoms with E-state index in [1.807, 2.05) is 0 Å². The van der Waals surface area contributed by atoms with E-state index < -0.39 is 18.0 Å². The number of phenols is 1. The summed E-state index contributed by atoms with van der Waals surface area (Å²) < 4.78 is 10.0. The first-order valence-electron chi connectivity index (χ1n) is 7.81. The van der Waals surface area contributed by atoms with Crippen molar-refractivity contribution in [1.82, 2.24) is 0 Å². The largest absolute Gasteiger partial charge is 0.507 e. The van der Waals surface area contributed by atoms with Gasteiger partial charge >= 0.3 is 5.97 Å². The van der Waals surface area contributed by atoms with Gasteiger partial charge in [0.1, 0.15) is 17.1 Å². The standard InChI is InChI=1S/C19H19NO6/c1-11(21)13-4-6-14(7-5-13)20-18(23)12(2)26-19(24)16-9-8-15(25-3)10-17(16)22/h4-10,12,22H,1-3H3,(H,20,23). The topological polar surface area (TPSA) is 102 Å². The molecule has 7 heteroatoms. The molecule has 2 rings (SSSR count). The molecule has 2 aromatic carbocycles. The minimum absolute atomic E-state index is 0.0729. The Hall–Kier alpha value is -3.35. The normalized spacial score (nSPS) is 11.3. The summed E-state index contributed by atoms with van der Waals surface area (Å²) in [6, 6.07) is 10.5. The number of methoxy groups -OCH3 is 1. The van der Waals surface area contributed by atoms with Crippen LogP contribution in [0.25, 0.3) is 0 Å². The fraction of sp³-hybridized carbons (Fsp3) is 0.211. The SMILES string of the molecule is COc1ccc(C(=O)OC(C)C(=O)Nc2ccc(C(C)=O)cc2)c(O)c1. The van der Waals surface area contributed by atoms with E-state index in [1.54, 1.807) is 24.3 Å². The van der Waals surface area contributed by atoms with Gasteiger partial charge in [-0.05, 0) is 50.2 Å². The molecule has 2 aromatic rings. The fourth-order valence-corrected chi connectivity index (χ4v) is 2.12. The van der Waals surface area contributed by atoms with E-state index in [-0.39, 0.29) is 17.1 Å². The van der Waals surface area contributed by atoms with Crippen molar-refractivity contribution < 1.29 is 29.0 Å². The average Bonchev–Trinajstić information content (AvgIpc) is 2.61. The van der Waals surface area contributed by atoms with E-state index in [2.05, 4.69) is 5.32 Å². The van der Waals surface area contributed by atoms with E-state index in [1.165, 1.54) is 39.2 Å². The first kappa shape index (κ1) is 19.0. The molecule has 2 N–H and O–H groups in total. The molecule has 0 heterocycles. The molecule has 0 fully saturated rings. The van der Waals surface area contributed by atoms with Gasteiger partial charge in [-0.1, -0.05) is 0 Å². The summed E-state index contributed by atoms with van der Waals surface area (Å²) in [6.45, 7) is 2.86. The zero-order chi connectivity index (χ0) is 19.3. The van der Waals surface area contributed by atoms with E-state index in [4.69, 9.17) is 9.47 Å². The van der Waals surface area contributed by atoms with Gasteiger partial charge in [0.25, 0.3) is 5.91 Å². The van der Waals surface area contributed by atoms with E-state index >= 15 is 0 Å². The lowest BCUT2D eigenvalue weighted by Crippen LogP contribution is -2.30. The molecule has 0 spiro atoms. The number of amides is 1. The molecule has 7 nitrogen and oxygen atoms in total. The van der Waals surface area contributed by atoms with Crippen molar-refractivity contribution in [3.05, 3.63) is 53.6 Å². The summed E-state index contributed by atoms with van der Waals surface area (Å²) in [6.07, 6.45) is -1.09. The second-order valence-electron chi connectivity index (χ2n) is 5.55. The van der Waals surface area contributed by atoms with Gasteiger partial charge in [-0.25, -0.2) is 4.79 Å². The highest BCUT2D eigenvalue weighted by atomic mass is 16.5. The number of phenolic OH excluding ortho intramolecular Hbond substituents is 1. The zero-order valence-electron chi connectivity index (χ0n) is 14.6. The van der Waals surface area contributed by atoms with Gasteiger partial charge in [0.15, 0.2) is 11.9 Å². The molecular formula is C19H19NO6.